The first kappa shape index (κ1) is 9.21. The van der Waals surface area contributed by atoms with Crippen molar-refractivity contribution in [1.29, 1.82) is 0 Å². The predicted molar refractivity (Wildman–Crippen MR) is 51.4 cm³/mol. The molecule has 0 fully saturated rings. The minimum absolute atomic E-state index is 0.0419. The van der Waals surface area contributed by atoms with Gasteiger partial charge in [-0.3, -0.25) is 4.79 Å². The molecule has 3 nitrogen and oxygen atoms in total. The summed E-state index contributed by atoms with van der Waals surface area (Å²) in [6, 6.07) is 5.40. The van der Waals surface area contributed by atoms with Gasteiger partial charge in [0.25, 0.3) is 0 Å². The molecular formula is C11H12O3. The van der Waals surface area contributed by atoms with Crippen LogP contribution >= 0.6 is 0 Å². The Balaban J connectivity index is 2.47. The summed E-state index contributed by atoms with van der Waals surface area (Å²) in [7, 11) is 0. The van der Waals surface area contributed by atoms with Crippen LogP contribution in [0.25, 0.3) is 0 Å². The van der Waals surface area contributed by atoms with Crippen LogP contribution in [-0.4, -0.2) is 17.2 Å². The van der Waals surface area contributed by atoms with Gasteiger partial charge in [0.2, 0.25) is 0 Å². The van der Waals surface area contributed by atoms with Gasteiger partial charge in [0.1, 0.15) is 5.75 Å². The smallest absolute Gasteiger partial charge is 0.197 e. The standard InChI is InChI=1S/C11H12O3/c1-7-2-4-10-8(6-7)9(12)3-5-11(13)14-10/h2,4,6,11,13H,3,5H2,1H3. The predicted octanol–water partition coefficient (Wildman–Crippen LogP) is 1.67. The third-order valence-corrected chi connectivity index (χ3v) is 2.32. The van der Waals surface area contributed by atoms with Gasteiger partial charge in [-0.15, -0.1) is 0 Å². The molecule has 0 aliphatic carbocycles. The van der Waals surface area contributed by atoms with Crippen molar-refractivity contribution in [2.75, 3.05) is 0 Å². The summed E-state index contributed by atoms with van der Waals surface area (Å²) in [5.41, 5.74) is 1.61. The zero-order valence-electron chi connectivity index (χ0n) is 7.99. The first-order chi connectivity index (χ1) is 6.66. The number of carbonyl (C=O) groups excluding carboxylic acids is 1. The van der Waals surface area contributed by atoms with Crippen molar-refractivity contribution in [1.82, 2.24) is 0 Å². The molecule has 1 aliphatic rings. The van der Waals surface area contributed by atoms with E-state index in [2.05, 4.69) is 0 Å². The molecule has 2 rings (SSSR count). The molecule has 1 N–H and O–H groups in total. The number of rotatable bonds is 0. The molecular weight excluding hydrogens is 180 g/mol. The minimum Gasteiger partial charge on any atom is -0.464 e. The number of Topliss-reactive ketones (excluding diaryl/α,β-unsaturated/α-hetero) is 1. The Bertz CT molecular complexity index is 371. The Morgan fingerprint density at radius 3 is 3.07 bits per heavy atom. The highest BCUT2D eigenvalue weighted by Gasteiger charge is 2.21. The first-order valence-electron chi connectivity index (χ1n) is 4.65. The summed E-state index contributed by atoms with van der Waals surface area (Å²) in [5, 5.41) is 9.35. The topological polar surface area (TPSA) is 46.5 Å². The van der Waals surface area contributed by atoms with E-state index in [1.807, 2.05) is 13.0 Å². The largest absolute Gasteiger partial charge is 0.464 e. The van der Waals surface area contributed by atoms with Crippen LogP contribution in [0, 0.1) is 6.92 Å². The molecule has 0 bridgehead atoms. The lowest BCUT2D eigenvalue weighted by atomic mass is 10.0. The lowest BCUT2D eigenvalue weighted by Crippen LogP contribution is -2.13. The molecule has 0 radical (unpaired) electrons. The number of aliphatic hydroxyl groups is 1. The highest BCUT2D eigenvalue weighted by atomic mass is 16.6. The molecule has 0 spiro atoms. The van der Waals surface area contributed by atoms with Crippen molar-refractivity contribution in [3.05, 3.63) is 29.3 Å². The number of hydrogen-bond acceptors (Lipinski definition) is 3. The summed E-state index contributed by atoms with van der Waals surface area (Å²) < 4.78 is 5.22. The van der Waals surface area contributed by atoms with Crippen molar-refractivity contribution < 1.29 is 14.6 Å². The third-order valence-electron chi connectivity index (χ3n) is 2.32. The molecule has 14 heavy (non-hydrogen) atoms. The van der Waals surface area contributed by atoms with E-state index in [1.165, 1.54) is 0 Å². The van der Waals surface area contributed by atoms with Gasteiger partial charge in [0.05, 0.1) is 5.56 Å². The molecule has 1 aromatic rings. The van der Waals surface area contributed by atoms with Crippen molar-refractivity contribution in [3.8, 4) is 5.75 Å². The van der Waals surface area contributed by atoms with E-state index in [1.54, 1.807) is 12.1 Å². The number of carbonyl (C=O) groups is 1. The molecule has 0 saturated heterocycles. The molecule has 74 valence electrons. The maximum atomic E-state index is 11.6. The van der Waals surface area contributed by atoms with Crippen LogP contribution in [0.3, 0.4) is 0 Å². The van der Waals surface area contributed by atoms with Gasteiger partial charge in [0, 0.05) is 12.8 Å². The van der Waals surface area contributed by atoms with E-state index in [0.717, 1.165) is 5.56 Å². The first-order valence-corrected chi connectivity index (χ1v) is 4.65. The van der Waals surface area contributed by atoms with Crippen LogP contribution in [0.5, 0.6) is 5.75 Å². The fourth-order valence-electron chi connectivity index (χ4n) is 1.56. The van der Waals surface area contributed by atoms with E-state index in [4.69, 9.17) is 4.74 Å². The lowest BCUT2D eigenvalue weighted by molar-refractivity contribution is -0.0203. The Morgan fingerprint density at radius 2 is 2.29 bits per heavy atom. The molecule has 1 heterocycles. The zero-order valence-corrected chi connectivity index (χ0v) is 7.99. The Morgan fingerprint density at radius 1 is 1.50 bits per heavy atom. The van der Waals surface area contributed by atoms with Crippen LogP contribution in [0.2, 0.25) is 0 Å². The van der Waals surface area contributed by atoms with E-state index >= 15 is 0 Å². The highest BCUT2D eigenvalue weighted by Crippen LogP contribution is 2.26. The fraction of sp³-hybridized carbons (Fsp3) is 0.364. The van der Waals surface area contributed by atoms with Crippen LogP contribution in [0.1, 0.15) is 28.8 Å². The highest BCUT2D eigenvalue weighted by molar-refractivity contribution is 5.99. The zero-order chi connectivity index (χ0) is 10.1. The van der Waals surface area contributed by atoms with Crippen LogP contribution < -0.4 is 4.74 Å². The number of aliphatic hydroxyl groups excluding tert-OH is 1. The van der Waals surface area contributed by atoms with Crippen molar-refractivity contribution in [2.45, 2.75) is 26.1 Å². The number of ether oxygens (including phenoxy) is 1. The summed E-state index contributed by atoms with van der Waals surface area (Å²) >= 11 is 0. The molecule has 1 atom stereocenters. The van der Waals surface area contributed by atoms with Crippen LogP contribution in [0.15, 0.2) is 18.2 Å². The molecule has 3 heteroatoms. The van der Waals surface area contributed by atoms with Gasteiger partial charge < -0.3 is 9.84 Å². The SMILES string of the molecule is Cc1ccc2c(c1)C(=O)CCC(O)O2. The summed E-state index contributed by atoms with van der Waals surface area (Å²) in [6.45, 7) is 1.93. The van der Waals surface area contributed by atoms with Crippen molar-refractivity contribution >= 4 is 5.78 Å². The molecule has 0 saturated carbocycles. The molecule has 1 unspecified atom stereocenters. The Hall–Kier alpha value is -1.35. The van der Waals surface area contributed by atoms with Gasteiger partial charge in [-0.1, -0.05) is 11.6 Å². The maximum Gasteiger partial charge on any atom is 0.197 e. The average Bonchev–Trinajstić information content (AvgIpc) is 2.29. The lowest BCUT2D eigenvalue weighted by Gasteiger charge is -2.10. The second kappa shape index (κ2) is 3.42. The average molecular weight is 192 g/mol. The number of fused-ring (bicyclic) bond motifs is 1. The summed E-state index contributed by atoms with van der Waals surface area (Å²) in [6.07, 6.45) is -0.146. The number of ketones is 1. The Kier molecular flexibility index (Phi) is 2.25. The number of benzene rings is 1. The second-order valence-corrected chi connectivity index (χ2v) is 3.53. The van der Waals surface area contributed by atoms with Crippen LogP contribution in [-0.2, 0) is 0 Å². The molecule has 0 aromatic heterocycles. The Labute approximate surface area is 82.3 Å². The van der Waals surface area contributed by atoms with Gasteiger partial charge in [-0.05, 0) is 19.1 Å². The van der Waals surface area contributed by atoms with Crippen LogP contribution in [0.4, 0.5) is 0 Å². The van der Waals surface area contributed by atoms with Gasteiger partial charge in [-0.25, -0.2) is 0 Å². The normalized spacial score (nSPS) is 21.0. The number of hydrogen-bond donors (Lipinski definition) is 1. The maximum absolute atomic E-state index is 11.6. The third kappa shape index (κ3) is 1.63. The van der Waals surface area contributed by atoms with E-state index in [9.17, 15) is 9.90 Å². The summed E-state index contributed by atoms with van der Waals surface area (Å²) in [4.78, 5) is 11.6. The van der Waals surface area contributed by atoms with Crippen molar-refractivity contribution in [2.24, 2.45) is 0 Å². The minimum atomic E-state index is -0.858. The van der Waals surface area contributed by atoms with Gasteiger partial charge in [0.15, 0.2) is 12.1 Å². The quantitative estimate of drug-likeness (QED) is 0.680. The van der Waals surface area contributed by atoms with E-state index < -0.39 is 6.29 Å². The molecule has 1 aromatic carbocycles. The van der Waals surface area contributed by atoms with Crippen molar-refractivity contribution in [3.63, 3.8) is 0 Å². The molecule has 0 amide bonds. The monoisotopic (exact) mass is 192 g/mol. The molecule has 1 aliphatic heterocycles. The number of aryl methyl sites for hydroxylation is 1. The second-order valence-electron chi connectivity index (χ2n) is 3.53. The van der Waals surface area contributed by atoms with Gasteiger partial charge >= 0.3 is 0 Å². The van der Waals surface area contributed by atoms with E-state index in [-0.39, 0.29) is 5.78 Å². The van der Waals surface area contributed by atoms with E-state index in [0.29, 0.717) is 24.2 Å². The van der Waals surface area contributed by atoms with Gasteiger partial charge in [-0.2, -0.15) is 0 Å². The summed E-state index contributed by atoms with van der Waals surface area (Å²) in [5.74, 6) is 0.533. The fourth-order valence-corrected chi connectivity index (χ4v) is 1.56.